The molecule has 0 bridgehead atoms. The van der Waals surface area contributed by atoms with Crippen LogP contribution in [0, 0.1) is 0 Å². The van der Waals surface area contributed by atoms with Gasteiger partial charge in [-0.1, -0.05) is 6.58 Å². The van der Waals surface area contributed by atoms with Crippen molar-refractivity contribution in [3.05, 3.63) is 12.7 Å². The minimum absolute atomic E-state index is 0.170. The van der Waals surface area contributed by atoms with Crippen molar-refractivity contribution in [3.8, 4) is 0 Å². The number of rotatable bonds is 4. The Morgan fingerprint density at radius 2 is 1.81 bits per heavy atom. The highest BCUT2D eigenvalue weighted by Crippen LogP contribution is 2.52. The molecular formula is C18H23N3O5. The normalized spacial score (nSPS) is 28.2. The summed E-state index contributed by atoms with van der Waals surface area (Å²) in [5, 5.41) is 9.37. The van der Waals surface area contributed by atoms with Crippen LogP contribution in [0.5, 0.6) is 0 Å². The summed E-state index contributed by atoms with van der Waals surface area (Å²) < 4.78 is 0. The monoisotopic (exact) mass is 361 g/mol. The summed E-state index contributed by atoms with van der Waals surface area (Å²) >= 11 is 0. The highest BCUT2D eigenvalue weighted by Gasteiger charge is 2.67. The van der Waals surface area contributed by atoms with Crippen LogP contribution in [0.2, 0.25) is 0 Å². The Bertz CT molecular complexity index is 710. The van der Waals surface area contributed by atoms with Crippen LogP contribution in [-0.2, 0) is 19.2 Å². The predicted octanol–water partition coefficient (Wildman–Crippen LogP) is -0.0160. The Kier molecular flexibility index (Phi) is 3.65. The number of aliphatic carboxylic acids is 1. The van der Waals surface area contributed by atoms with Gasteiger partial charge >= 0.3 is 5.97 Å². The van der Waals surface area contributed by atoms with Crippen LogP contribution < -0.4 is 0 Å². The van der Waals surface area contributed by atoms with E-state index < -0.39 is 23.1 Å². The molecule has 8 heteroatoms. The van der Waals surface area contributed by atoms with Crippen LogP contribution in [-0.4, -0.2) is 80.3 Å². The molecule has 2 aliphatic carbocycles. The molecule has 8 nitrogen and oxygen atoms in total. The molecule has 2 heterocycles. The average Bonchev–Trinajstić information content (AvgIpc) is 3.54. The minimum Gasteiger partial charge on any atom is -0.480 e. The van der Waals surface area contributed by atoms with Crippen LogP contribution in [0.15, 0.2) is 12.7 Å². The molecular weight excluding hydrogens is 338 g/mol. The molecule has 2 saturated carbocycles. The number of piperazine rings is 1. The van der Waals surface area contributed by atoms with E-state index in [0.29, 0.717) is 58.2 Å². The van der Waals surface area contributed by atoms with Crippen molar-refractivity contribution < 1.29 is 24.3 Å². The quantitative estimate of drug-likeness (QED) is 0.710. The van der Waals surface area contributed by atoms with E-state index in [0.717, 1.165) is 0 Å². The van der Waals surface area contributed by atoms with Crippen molar-refractivity contribution in [2.45, 2.75) is 55.6 Å². The maximum Gasteiger partial charge on any atom is 0.326 e. The van der Waals surface area contributed by atoms with Crippen molar-refractivity contribution in [1.82, 2.24) is 14.7 Å². The van der Waals surface area contributed by atoms with Gasteiger partial charge in [0.15, 0.2) is 0 Å². The lowest BCUT2D eigenvalue weighted by molar-refractivity contribution is -0.162. The highest BCUT2D eigenvalue weighted by atomic mass is 16.4. The Morgan fingerprint density at radius 1 is 1.12 bits per heavy atom. The summed E-state index contributed by atoms with van der Waals surface area (Å²) in [5.41, 5.74) is -1.73. The predicted molar refractivity (Wildman–Crippen MR) is 89.9 cm³/mol. The molecule has 0 aromatic heterocycles. The first-order valence-corrected chi connectivity index (χ1v) is 9.17. The first-order valence-electron chi connectivity index (χ1n) is 9.17. The van der Waals surface area contributed by atoms with Gasteiger partial charge < -0.3 is 19.8 Å². The van der Waals surface area contributed by atoms with E-state index >= 15 is 0 Å². The van der Waals surface area contributed by atoms with Crippen molar-refractivity contribution in [1.29, 1.82) is 0 Å². The zero-order valence-electron chi connectivity index (χ0n) is 14.6. The minimum atomic E-state index is -0.988. The molecule has 1 spiro atoms. The Balaban J connectivity index is 1.57. The summed E-state index contributed by atoms with van der Waals surface area (Å²) in [7, 11) is 0. The van der Waals surface area contributed by atoms with Gasteiger partial charge in [-0.25, -0.2) is 4.79 Å². The van der Waals surface area contributed by atoms with Crippen LogP contribution in [0.1, 0.15) is 38.5 Å². The van der Waals surface area contributed by atoms with Gasteiger partial charge in [-0.15, -0.1) is 0 Å². The number of carboxylic acids is 1. The largest absolute Gasteiger partial charge is 0.480 e. The molecule has 2 saturated heterocycles. The van der Waals surface area contributed by atoms with Gasteiger partial charge in [0.25, 0.3) is 0 Å². The fourth-order valence-corrected chi connectivity index (χ4v) is 4.58. The number of amides is 3. The topological polar surface area (TPSA) is 98.2 Å². The molecule has 0 aromatic rings. The molecule has 4 aliphatic rings. The second kappa shape index (κ2) is 5.56. The lowest BCUT2D eigenvalue weighted by atomic mass is 10.0. The standard InChI is InChI=1S/C18H23N3O5/c1-2-13(22)20-10-11-21(16(26)18(20)7-8-18)17(5-6-17)15(25)19-9-3-4-12(19)14(23)24/h2,12H,1,3-11H2,(H,23,24)/t12-/m0/s1. The molecule has 1 atom stereocenters. The van der Waals surface area contributed by atoms with Gasteiger partial charge in [0.05, 0.1) is 0 Å². The first-order chi connectivity index (χ1) is 12.4. The van der Waals surface area contributed by atoms with Gasteiger partial charge in [-0.05, 0) is 44.6 Å². The summed E-state index contributed by atoms with van der Waals surface area (Å²) in [6.45, 7) is 4.62. The zero-order chi connectivity index (χ0) is 18.7. The Hall–Kier alpha value is -2.38. The third-order valence-corrected chi connectivity index (χ3v) is 6.31. The molecule has 4 rings (SSSR count). The number of hydrogen-bond donors (Lipinski definition) is 1. The number of carbonyl (C=O) groups is 4. The molecule has 4 fully saturated rings. The third kappa shape index (κ3) is 2.20. The fraction of sp³-hybridized carbons (Fsp3) is 0.667. The second-order valence-electron chi connectivity index (χ2n) is 7.71. The molecule has 140 valence electrons. The van der Waals surface area contributed by atoms with Crippen molar-refractivity contribution >= 4 is 23.7 Å². The van der Waals surface area contributed by atoms with Crippen molar-refractivity contribution in [2.24, 2.45) is 0 Å². The summed E-state index contributed by atoms with van der Waals surface area (Å²) in [4.78, 5) is 54.5. The third-order valence-electron chi connectivity index (χ3n) is 6.31. The number of likely N-dealkylation sites (tertiary alicyclic amines) is 1. The Morgan fingerprint density at radius 3 is 2.35 bits per heavy atom. The van der Waals surface area contributed by atoms with Gasteiger partial charge in [-0.3, -0.25) is 14.4 Å². The maximum absolute atomic E-state index is 13.2. The molecule has 2 aliphatic heterocycles. The highest BCUT2D eigenvalue weighted by molar-refractivity contribution is 6.02. The molecule has 0 unspecified atom stereocenters. The van der Waals surface area contributed by atoms with Crippen molar-refractivity contribution in [3.63, 3.8) is 0 Å². The van der Waals surface area contributed by atoms with Gasteiger partial charge in [0, 0.05) is 19.6 Å². The van der Waals surface area contributed by atoms with Gasteiger partial charge in [0.1, 0.15) is 17.1 Å². The molecule has 0 radical (unpaired) electrons. The average molecular weight is 361 g/mol. The van der Waals surface area contributed by atoms with E-state index in [1.165, 1.54) is 11.0 Å². The van der Waals surface area contributed by atoms with Gasteiger partial charge in [-0.2, -0.15) is 0 Å². The maximum atomic E-state index is 13.2. The lowest BCUT2D eigenvalue weighted by Gasteiger charge is -2.45. The number of nitrogens with zero attached hydrogens (tertiary/aromatic N) is 3. The summed E-state index contributed by atoms with van der Waals surface area (Å²) in [5.74, 6) is -1.65. The number of hydrogen-bond acceptors (Lipinski definition) is 4. The molecule has 3 amide bonds. The smallest absolute Gasteiger partial charge is 0.326 e. The fourth-order valence-electron chi connectivity index (χ4n) is 4.58. The van der Waals surface area contributed by atoms with Gasteiger partial charge in [0.2, 0.25) is 17.7 Å². The van der Waals surface area contributed by atoms with E-state index in [1.54, 1.807) is 9.80 Å². The SMILES string of the molecule is C=CC(=O)N1CCN(C2(C(=O)N3CCC[C@H]3C(=O)O)CC2)C(=O)C12CC2. The summed E-state index contributed by atoms with van der Waals surface area (Å²) in [6.07, 6.45) is 4.68. The van der Waals surface area contributed by atoms with E-state index in [1.807, 2.05) is 0 Å². The Labute approximate surface area is 151 Å². The van der Waals surface area contributed by atoms with Crippen LogP contribution in [0.4, 0.5) is 0 Å². The number of carbonyl (C=O) groups excluding carboxylic acids is 3. The number of carboxylic acid groups (broad SMARTS) is 1. The second-order valence-corrected chi connectivity index (χ2v) is 7.71. The van der Waals surface area contributed by atoms with E-state index in [2.05, 4.69) is 6.58 Å². The van der Waals surface area contributed by atoms with Crippen LogP contribution >= 0.6 is 0 Å². The summed E-state index contributed by atoms with van der Waals surface area (Å²) in [6, 6.07) is -0.798. The molecule has 0 aromatic carbocycles. The van der Waals surface area contributed by atoms with Crippen LogP contribution in [0.25, 0.3) is 0 Å². The van der Waals surface area contributed by atoms with Crippen LogP contribution in [0.3, 0.4) is 0 Å². The van der Waals surface area contributed by atoms with E-state index in [4.69, 9.17) is 0 Å². The molecule has 1 N–H and O–H groups in total. The van der Waals surface area contributed by atoms with Crippen molar-refractivity contribution in [2.75, 3.05) is 19.6 Å². The van der Waals surface area contributed by atoms with E-state index in [-0.39, 0.29) is 17.7 Å². The lowest BCUT2D eigenvalue weighted by Crippen LogP contribution is -2.66. The molecule has 26 heavy (non-hydrogen) atoms. The zero-order valence-corrected chi connectivity index (χ0v) is 14.6. The van der Waals surface area contributed by atoms with E-state index in [9.17, 15) is 24.3 Å². The first kappa shape index (κ1) is 17.1.